The molecule has 0 saturated carbocycles. The fourth-order valence-electron chi connectivity index (χ4n) is 1.65. The summed E-state index contributed by atoms with van der Waals surface area (Å²) in [6.45, 7) is 1.97. The second-order valence-electron chi connectivity index (χ2n) is 3.88. The highest BCUT2D eigenvalue weighted by Crippen LogP contribution is 2.13. The van der Waals surface area contributed by atoms with Crippen LogP contribution in [0.15, 0.2) is 38.5 Å². The van der Waals surface area contributed by atoms with Crippen molar-refractivity contribution in [2.24, 2.45) is 0 Å². The molecular weight excluding hydrogens is 250 g/mol. The molecule has 0 radical (unpaired) electrons. The minimum Gasteiger partial charge on any atom is -0.359 e. The van der Waals surface area contributed by atoms with Crippen LogP contribution >= 0.6 is 0 Å². The van der Waals surface area contributed by atoms with E-state index in [1.54, 1.807) is 13.0 Å². The average Bonchev–Trinajstić information content (AvgIpc) is 2.99. The number of aryl methyl sites for hydroxylation is 1. The summed E-state index contributed by atoms with van der Waals surface area (Å²) < 4.78 is 11.0. The van der Waals surface area contributed by atoms with Crippen molar-refractivity contribution in [1.29, 1.82) is 0 Å². The van der Waals surface area contributed by atoms with E-state index in [1.807, 2.05) is 0 Å². The largest absolute Gasteiger partial charge is 0.442 e. The molecule has 0 fully saturated rings. The van der Waals surface area contributed by atoms with Gasteiger partial charge in [0.2, 0.25) is 5.82 Å². The van der Waals surface area contributed by atoms with E-state index in [4.69, 9.17) is 4.52 Å². The zero-order valence-corrected chi connectivity index (χ0v) is 9.98. The van der Waals surface area contributed by atoms with Gasteiger partial charge >= 0.3 is 5.76 Å². The average molecular weight is 259 g/mol. The summed E-state index contributed by atoms with van der Waals surface area (Å²) in [6, 6.07) is 1.74. The van der Waals surface area contributed by atoms with E-state index in [1.165, 1.54) is 23.2 Å². The van der Waals surface area contributed by atoms with E-state index in [2.05, 4.69) is 24.8 Å². The highest BCUT2D eigenvalue weighted by molar-refractivity contribution is 5.46. The van der Waals surface area contributed by atoms with Gasteiger partial charge in [0.05, 0.1) is 18.4 Å². The van der Waals surface area contributed by atoms with Gasteiger partial charge in [-0.1, -0.05) is 10.3 Å². The molecule has 96 valence electrons. The van der Waals surface area contributed by atoms with Crippen molar-refractivity contribution in [3.05, 3.63) is 46.7 Å². The van der Waals surface area contributed by atoms with Crippen LogP contribution in [0.2, 0.25) is 0 Å². The van der Waals surface area contributed by atoms with Crippen LogP contribution in [0, 0.1) is 6.92 Å². The van der Waals surface area contributed by atoms with Gasteiger partial charge in [-0.25, -0.2) is 14.3 Å². The Labute approximate surface area is 106 Å². The minimum absolute atomic E-state index is 0.176. The van der Waals surface area contributed by atoms with Crippen molar-refractivity contribution in [2.45, 2.75) is 13.5 Å². The Balaban J connectivity index is 2.02. The number of aromatic nitrogens is 5. The maximum absolute atomic E-state index is 11.6. The summed E-state index contributed by atoms with van der Waals surface area (Å²) in [5.41, 5.74) is 1.19. The van der Waals surface area contributed by atoms with Gasteiger partial charge < -0.3 is 4.52 Å². The molecule has 19 heavy (non-hydrogen) atoms. The van der Waals surface area contributed by atoms with Crippen LogP contribution in [-0.2, 0) is 6.54 Å². The summed E-state index contributed by atoms with van der Waals surface area (Å²) in [5, 5.41) is 7.46. The summed E-state index contributed by atoms with van der Waals surface area (Å²) in [4.78, 5) is 19.7. The predicted octanol–water partition coefficient (Wildman–Crippen LogP) is 0.638. The van der Waals surface area contributed by atoms with Crippen LogP contribution in [-0.4, -0.2) is 24.8 Å². The number of hydrogen-bond donors (Lipinski definition) is 0. The lowest BCUT2D eigenvalue weighted by atomic mass is 10.3. The van der Waals surface area contributed by atoms with E-state index < -0.39 is 5.76 Å². The predicted molar refractivity (Wildman–Crippen MR) is 62.1 cm³/mol. The lowest BCUT2D eigenvalue weighted by Gasteiger charge is -2.00. The standard InChI is InChI=1S/C11H9N5O3/c1-7-4-8(18-14-7)6-16-10(15-19-11(16)17)9-5-12-2-3-13-9/h2-5H,6H2,1H3. The molecule has 0 aromatic carbocycles. The molecule has 0 N–H and O–H groups in total. The Morgan fingerprint density at radius 1 is 1.26 bits per heavy atom. The van der Waals surface area contributed by atoms with E-state index in [9.17, 15) is 4.79 Å². The van der Waals surface area contributed by atoms with Crippen LogP contribution < -0.4 is 5.76 Å². The first kappa shape index (κ1) is 11.3. The van der Waals surface area contributed by atoms with Gasteiger partial charge in [0.15, 0.2) is 5.76 Å². The normalized spacial score (nSPS) is 10.8. The SMILES string of the molecule is Cc1cc(Cn2c(-c3cnccn3)noc2=O)on1. The molecule has 8 heteroatoms. The van der Waals surface area contributed by atoms with Gasteiger partial charge in [-0.05, 0) is 6.92 Å². The van der Waals surface area contributed by atoms with Gasteiger partial charge in [0.25, 0.3) is 0 Å². The zero-order valence-electron chi connectivity index (χ0n) is 9.98. The molecule has 8 nitrogen and oxygen atoms in total. The monoisotopic (exact) mass is 259 g/mol. The van der Waals surface area contributed by atoms with Crippen LogP contribution in [0.25, 0.3) is 11.5 Å². The van der Waals surface area contributed by atoms with Gasteiger partial charge in [-0.15, -0.1) is 0 Å². The van der Waals surface area contributed by atoms with E-state index in [0.29, 0.717) is 17.3 Å². The van der Waals surface area contributed by atoms with Crippen molar-refractivity contribution >= 4 is 0 Å². The fraction of sp³-hybridized carbons (Fsp3) is 0.182. The molecule has 3 rings (SSSR count). The van der Waals surface area contributed by atoms with Gasteiger partial charge in [-0.3, -0.25) is 9.51 Å². The Morgan fingerprint density at radius 3 is 2.84 bits per heavy atom. The lowest BCUT2D eigenvalue weighted by Crippen LogP contribution is -2.16. The molecule has 0 aliphatic rings. The Kier molecular flexibility index (Phi) is 2.67. The maximum atomic E-state index is 11.6. The van der Waals surface area contributed by atoms with E-state index >= 15 is 0 Å². The highest BCUT2D eigenvalue weighted by Gasteiger charge is 2.16. The third kappa shape index (κ3) is 2.15. The fourth-order valence-corrected chi connectivity index (χ4v) is 1.65. The lowest BCUT2D eigenvalue weighted by molar-refractivity contribution is 0.356. The second-order valence-corrected chi connectivity index (χ2v) is 3.88. The second kappa shape index (κ2) is 4.48. The Bertz CT molecular complexity index is 743. The van der Waals surface area contributed by atoms with Crippen molar-refractivity contribution in [2.75, 3.05) is 0 Å². The number of rotatable bonds is 3. The maximum Gasteiger partial charge on any atom is 0.442 e. The van der Waals surface area contributed by atoms with Crippen molar-refractivity contribution in [1.82, 2.24) is 24.8 Å². The topological polar surface area (TPSA) is 99.8 Å². The Morgan fingerprint density at radius 2 is 2.16 bits per heavy atom. The smallest absolute Gasteiger partial charge is 0.359 e. The number of nitrogens with zero attached hydrogens (tertiary/aromatic N) is 5. The number of hydrogen-bond acceptors (Lipinski definition) is 7. The summed E-state index contributed by atoms with van der Waals surface area (Å²) in [6.07, 6.45) is 4.54. The first-order valence-electron chi connectivity index (χ1n) is 5.49. The third-order valence-electron chi connectivity index (χ3n) is 2.47. The summed E-state index contributed by atoms with van der Waals surface area (Å²) >= 11 is 0. The van der Waals surface area contributed by atoms with Crippen molar-refractivity contribution in [3.63, 3.8) is 0 Å². The Hall–Kier alpha value is -2.77. The van der Waals surface area contributed by atoms with Crippen LogP contribution in [0.1, 0.15) is 11.5 Å². The molecule has 0 amide bonds. The van der Waals surface area contributed by atoms with Crippen molar-refractivity contribution in [3.8, 4) is 11.5 Å². The molecule has 0 aliphatic heterocycles. The van der Waals surface area contributed by atoms with E-state index in [-0.39, 0.29) is 6.54 Å². The van der Waals surface area contributed by atoms with Crippen molar-refractivity contribution < 1.29 is 9.05 Å². The molecule has 3 heterocycles. The van der Waals surface area contributed by atoms with Gasteiger partial charge in [0.1, 0.15) is 5.69 Å². The molecule has 0 saturated heterocycles. The first-order chi connectivity index (χ1) is 9.24. The van der Waals surface area contributed by atoms with Crippen LogP contribution in [0.3, 0.4) is 0 Å². The van der Waals surface area contributed by atoms with Gasteiger partial charge in [-0.2, -0.15) is 0 Å². The molecule has 0 spiro atoms. The van der Waals surface area contributed by atoms with Crippen LogP contribution in [0.4, 0.5) is 0 Å². The van der Waals surface area contributed by atoms with E-state index in [0.717, 1.165) is 5.69 Å². The molecule has 0 aliphatic carbocycles. The third-order valence-corrected chi connectivity index (χ3v) is 2.47. The van der Waals surface area contributed by atoms with Crippen LogP contribution in [0.5, 0.6) is 0 Å². The molecule has 3 aromatic heterocycles. The summed E-state index contributed by atoms with van der Waals surface area (Å²) in [5.74, 6) is 0.245. The summed E-state index contributed by atoms with van der Waals surface area (Å²) in [7, 11) is 0. The molecule has 0 atom stereocenters. The zero-order chi connectivity index (χ0) is 13.2. The molecular formula is C11H9N5O3. The quantitative estimate of drug-likeness (QED) is 0.680. The molecule has 0 unspecified atom stereocenters. The van der Waals surface area contributed by atoms with Gasteiger partial charge in [0, 0.05) is 18.5 Å². The molecule has 0 bridgehead atoms. The first-order valence-corrected chi connectivity index (χ1v) is 5.49. The minimum atomic E-state index is -0.588. The highest BCUT2D eigenvalue weighted by atomic mass is 16.5. The molecule has 3 aromatic rings.